The highest BCUT2D eigenvalue weighted by Gasteiger charge is 2.25. The van der Waals surface area contributed by atoms with Crippen molar-refractivity contribution in [1.29, 1.82) is 15.8 Å². The minimum absolute atomic E-state index is 0.00560. The molecule has 11 nitrogen and oxygen atoms in total. The number of hydrogen-bond acceptors (Lipinski definition) is 9. The van der Waals surface area contributed by atoms with Gasteiger partial charge in [-0.2, -0.15) is 15.8 Å². The molecule has 0 aliphatic carbocycles. The van der Waals surface area contributed by atoms with Crippen LogP contribution in [-0.4, -0.2) is 29.9 Å². The molecule has 0 unspecified atom stereocenters. The first-order valence-corrected chi connectivity index (χ1v) is 7.32. The highest BCUT2D eigenvalue weighted by atomic mass is 15.0. The van der Waals surface area contributed by atoms with Crippen LogP contribution in [0.3, 0.4) is 0 Å². The molecule has 0 saturated carbocycles. The monoisotopic (exact) mass is 359 g/mol. The zero-order valence-corrected chi connectivity index (χ0v) is 13.5. The Morgan fingerprint density at radius 3 is 1.57 bits per heavy atom. The van der Waals surface area contributed by atoms with E-state index in [2.05, 4.69) is 39.6 Å². The maximum atomic E-state index is 9.26. The van der Waals surface area contributed by atoms with Crippen LogP contribution in [0.4, 0.5) is 11.6 Å². The minimum atomic E-state index is -0.241. The lowest BCUT2D eigenvalue weighted by Gasteiger charge is -2.05. The van der Waals surface area contributed by atoms with Crippen molar-refractivity contribution in [1.82, 2.24) is 29.9 Å². The lowest BCUT2D eigenvalue weighted by molar-refractivity contribution is 1.18. The van der Waals surface area contributed by atoms with Crippen molar-refractivity contribution in [3.8, 4) is 18.2 Å². The SMILES string of the molecule is [C-]#[N+]c1nc2c3ncc(C#N)nc3c3nc(C#N)c(C#N)nc3c2nc1[N+]#[C-]. The lowest BCUT2D eigenvalue weighted by Crippen LogP contribution is -2.01. The highest BCUT2D eigenvalue weighted by molar-refractivity contribution is 6.18. The Labute approximate surface area is 155 Å². The number of hydrogen-bond donors (Lipinski definition) is 0. The van der Waals surface area contributed by atoms with E-state index >= 15 is 0 Å². The Bertz CT molecular complexity index is 1520. The topological polar surface area (TPSA) is 157 Å². The average molecular weight is 359 g/mol. The molecule has 28 heavy (non-hydrogen) atoms. The zero-order chi connectivity index (χ0) is 19.8. The van der Waals surface area contributed by atoms with Crippen molar-refractivity contribution in [2.45, 2.75) is 0 Å². The number of benzene rings is 1. The molecule has 0 atom stereocenters. The molecule has 0 fully saturated rings. The number of nitrogens with zero attached hydrogens (tertiary/aromatic N) is 11. The summed E-state index contributed by atoms with van der Waals surface area (Å²) in [6, 6.07) is 5.43. The molecule has 0 amide bonds. The van der Waals surface area contributed by atoms with E-state index in [9.17, 15) is 10.5 Å². The quantitative estimate of drug-likeness (QED) is 0.339. The van der Waals surface area contributed by atoms with Gasteiger partial charge in [-0.1, -0.05) is 13.1 Å². The fraction of sp³-hybridized carbons (Fsp3) is 0. The standard InChI is InChI=1S/C17HN11/c1-21-16-17(22-2)28-15-12(27-16)10-11(24-7(3-18)6-23-10)13-14(15)26-9(5-20)8(4-19)25-13/h6H. The third kappa shape index (κ3) is 2.11. The van der Waals surface area contributed by atoms with Crippen molar-refractivity contribution in [3.63, 3.8) is 0 Å². The maximum absolute atomic E-state index is 9.26. The van der Waals surface area contributed by atoms with Crippen molar-refractivity contribution >= 4 is 44.7 Å². The van der Waals surface area contributed by atoms with Crippen LogP contribution in [0.2, 0.25) is 0 Å². The van der Waals surface area contributed by atoms with Crippen molar-refractivity contribution < 1.29 is 0 Å². The predicted octanol–water partition coefficient (Wildman–Crippen LogP) is 2.23. The fourth-order valence-electron chi connectivity index (χ4n) is 2.60. The molecule has 0 N–H and O–H groups in total. The van der Waals surface area contributed by atoms with Gasteiger partial charge in [0.1, 0.15) is 40.3 Å². The van der Waals surface area contributed by atoms with E-state index in [1.165, 1.54) is 6.20 Å². The third-order valence-corrected chi connectivity index (χ3v) is 3.74. The molecule has 0 radical (unpaired) electrons. The van der Waals surface area contributed by atoms with Gasteiger partial charge in [-0.25, -0.2) is 19.9 Å². The molecule has 0 bridgehead atoms. The fourth-order valence-corrected chi connectivity index (χ4v) is 2.60. The van der Waals surface area contributed by atoms with Gasteiger partial charge in [-0.15, -0.1) is 9.97 Å². The Balaban J connectivity index is 2.39. The molecule has 124 valence electrons. The maximum Gasteiger partial charge on any atom is 0.294 e. The Kier molecular flexibility index (Phi) is 3.40. The molecular weight excluding hydrogens is 358 g/mol. The van der Waals surface area contributed by atoms with Gasteiger partial charge < -0.3 is 9.69 Å². The van der Waals surface area contributed by atoms with Crippen LogP contribution in [0.1, 0.15) is 17.1 Å². The molecule has 1 aromatic carbocycles. The summed E-state index contributed by atoms with van der Waals surface area (Å²) in [4.78, 5) is 31.4. The molecule has 11 heteroatoms. The first-order valence-electron chi connectivity index (χ1n) is 7.32. The summed E-state index contributed by atoms with van der Waals surface area (Å²) < 4.78 is 0. The van der Waals surface area contributed by atoms with E-state index in [0.29, 0.717) is 0 Å². The van der Waals surface area contributed by atoms with Crippen LogP contribution in [-0.2, 0) is 0 Å². The molecular formula is C17HN11. The van der Waals surface area contributed by atoms with Crippen LogP contribution in [0, 0.1) is 47.1 Å². The third-order valence-electron chi connectivity index (χ3n) is 3.74. The second-order valence-electron chi connectivity index (χ2n) is 5.20. The van der Waals surface area contributed by atoms with Crippen LogP contribution in [0.5, 0.6) is 0 Å². The summed E-state index contributed by atoms with van der Waals surface area (Å²) in [5.41, 5.74) is 0.202. The predicted molar refractivity (Wildman–Crippen MR) is 92.4 cm³/mol. The second kappa shape index (κ2) is 5.89. The van der Waals surface area contributed by atoms with Crippen LogP contribution in [0.25, 0.3) is 42.8 Å². The van der Waals surface area contributed by atoms with Gasteiger partial charge in [0, 0.05) is 0 Å². The van der Waals surface area contributed by atoms with E-state index in [1.807, 2.05) is 6.07 Å². The highest BCUT2D eigenvalue weighted by Crippen LogP contribution is 2.34. The molecule has 3 aromatic heterocycles. The first-order chi connectivity index (χ1) is 13.6. The smallest absolute Gasteiger partial charge is 0.294 e. The van der Waals surface area contributed by atoms with Gasteiger partial charge in [0.2, 0.25) is 11.0 Å². The largest absolute Gasteiger partial charge is 0.370 e. The van der Waals surface area contributed by atoms with E-state index < -0.39 is 0 Å². The Hall–Kier alpha value is -5.31. The van der Waals surface area contributed by atoms with Gasteiger partial charge >= 0.3 is 0 Å². The summed E-state index contributed by atoms with van der Waals surface area (Å²) in [7, 11) is 0. The second-order valence-corrected chi connectivity index (χ2v) is 5.20. The zero-order valence-electron chi connectivity index (χ0n) is 13.5. The van der Waals surface area contributed by atoms with Crippen molar-refractivity contribution in [2.24, 2.45) is 0 Å². The average Bonchev–Trinajstić information content (AvgIpc) is 2.76. The van der Waals surface area contributed by atoms with Crippen molar-refractivity contribution in [2.75, 3.05) is 0 Å². The molecule has 0 saturated heterocycles. The van der Waals surface area contributed by atoms with E-state index in [0.717, 1.165) is 0 Å². The van der Waals surface area contributed by atoms with E-state index in [-0.39, 0.29) is 61.8 Å². The van der Waals surface area contributed by atoms with Gasteiger partial charge in [-0.05, 0) is 0 Å². The normalized spacial score (nSPS) is 9.96. The Morgan fingerprint density at radius 2 is 1.11 bits per heavy atom. The number of aromatic nitrogens is 6. The number of nitriles is 3. The molecule has 4 aromatic rings. The van der Waals surface area contributed by atoms with Crippen LogP contribution >= 0.6 is 0 Å². The number of rotatable bonds is 0. The molecule has 3 heterocycles. The van der Waals surface area contributed by atoms with Gasteiger partial charge in [0.25, 0.3) is 11.6 Å². The first kappa shape index (κ1) is 16.2. The van der Waals surface area contributed by atoms with Gasteiger partial charge in [-0.3, -0.25) is 0 Å². The van der Waals surface area contributed by atoms with Gasteiger partial charge in [0.15, 0.2) is 17.1 Å². The minimum Gasteiger partial charge on any atom is -0.370 e. The van der Waals surface area contributed by atoms with E-state index in [4.69, 9.17) is 18.4 Å². The molecule has 0 aliphatic heterocycles. The summed E-state index contributed by atoms with van der Waals surface area (Å²) in [6.07, 6.45) is 1.22. The summed E-state index contributed by atoms with van der Waals surface area (Å²) in [5.74, 6) is -0.467. The molecule has 0 spiro atoms. The van der Waals surface area contributed by atoms with Crippen molar-refractivity contribution in [3.05, 3.63) is 46.1 Å². The molecule has 4 rings (SSSR count). The summed E-state index contributed by atoms with van der Waals surface area (Å²) in [6.45, 7) is 14.4. The molecule has 0 aliphatic rings. The lowest BCUT2D eigenvalue weighted by atomic mass is 10.1. The van der Waals surface area contributed by atoms with E-state index in [1.54, 1.807) is 12.1 Å². The summed E-state index contributed by atoms with van der Waals surface area (Å²) in [5, 5.41) is 27.6. The summed E-state index contributed by atoms with van der Waals surface area (Å²) >= 11 is 0. The Morgan fingerprint density at radius 1 is 0.643 bits per heavy atom. The van der Waals surface area contributed by atoms with Crippen LogP contribution in [0.15, 0.2) is 6.20 Å². The van der Waals surface area contributed by atoms with Gasteiger partial charge in [0.05, 0.1) is 6.20 Å². The number of fused-ring (bicyclic) bond motifs is 6. The van der Waals surface area contributed by atoms with Crippen LogP contribution < -0.4 is 0 Å².